The van der Waals surface area contributed by atoms with Crippen LogP contribution in [0.2, 0.25) is 0 Å². The molecule has 0 radical (unpaired) electrons. The zero-order valence-electron chi connectivity index (χ0n) is 12.4. The standard InChI is InChI=1S/C16H15NO6/c1-22-16(19)10-23-14-5-2-11(3-6-14)12-4-7-15(17(20)21)13(8-12)9-18/h2-8,18H,9-10H2,1H3. The summed E-state index contributed by atoms with van der Waals surface area (Å²) in [5.41, 5.74) is 1.67. The quantitative estimate of drug-likeness (QED) is 0.498. The molecule has 0 fully saturated rings. The Balaban J connectivity index is 2.19. The van der Waals surface area contributed by atoms with E-state index in [-0.39, 0.29) is 17.9 Å². The molecule has 0 atom stereocenters. The molecule has 7 heteroatoms. The number of nitro benzene ring substituents is 1. The van der Waals surface area contributed by atoms with Crippen LogP contribution in [0.1, 0.15) is 5.56 Å². The third-order valence-electron chi connectivity index (χ3n) is 3.22. The van der Waals surface area contributed by atoms with E-state index in [4.69, 9.17) is 4.74 Å². The minimum absolute atomic E-state index is 0.116. The summed E-state index contributed by atoms with van der Waals surface area (Å²) in [5.74, 6) is 0.0282. The number of hydrogen-bond acceptors (Lipinski definition) is 6. The lowest BCUT2D eigenvalue weighted by Crippen LogP contribution is -2.12. The van der Waals surface area contributed by atoms with E-state index in [9.17, 15) is 20.0 Å². The molecular formula is C16H15NO6. The van der Waals surface area contributed by atoms with Crippen LogP contribution in [0, 0.1) is 10.1 Å². The minimum atomic E-state index is -0.529. The highest BCUT2D eigenvalue weighted by molar-refractivity contribution is 5.71. The topological polar surface area (TPSA) is 98.9 Å². The second-order valence-electron chi connectivity index (χ2n) is 4.65. The molecule has 1 N–H and O–H groups in total. The fraction of sp³-hybridized carbons (Fsp3) is 0.188. The number of benzene rings is 2. The lowest BCUT2D eigenvalue weighted by molar-refractivity contribution is -0.385. The van der Waals surface area contributed by atoms with Crippen molar-refractivity contribution in [3.05, 3.63) is 58.1 Å². The van der Waals surface area contributed by atoms with Crippen molar-refractivity contribution in [2.45, 2.75) is 6.61 Å². The molecule has 120 valence electrons. The summed E-state index contributed by atoms with van der Waals surface area (Å²) in [6.07, 6.45) is 0. The van der Waals surface area contributed by atoms with Crippen LogP contribution < -0.4 is 4.74 Å². The SMILES string of the molecule is COC(=O)COc1ccc(-c2ccc([N+](=O)[O-])c(CO)c2)cc1. The molecule has 0 unspecified atom stereocenters. The predicted molar refractivity (Wildman–Crippen MR) is 82.0 cm³/mol. The Morgan fingerprint density at radius 2 is 1.83 bits per heavy atom. The maximum atomic E-state index is 11.0. The van der Waals surface area contributed by atoms with Crippen molar-refractivity contribution in [3.63, 3.8) is 0 Å². The Morgan fingerprint density at radius 3 is 2.39 bits per heavy atom. The monoisotopic (exact) mass is 317 g/mol. The van der Waals surface area contributed by atoms with Gasteiger partial charge in [-0.2, -0.15) is 0 Å². The van der Waals surface area contributed by atoms with Gasteiger partial charge in [0, 0.05) is 6.07 Å². The second-order valence-corrected chi connectivity index (χ2v) is 4.65. The van der Waals surface area contributed by atoms with Gasteiger partial charge in [0.25, 0.3) is 5.69 Å². The fourth-order valence-electron chi connectivity index (χ4n) is 2.01. The molecule has 0 aliphatic heterocycles. The largest absolute Gasteiger partial charge is 0.482 e. The average molecular weight is 317 g/mol. The second kappa shape index (κ2) is 7.37. The molecule has 0 aliphatic rings. The number of nitrogens with zero attached hydrogens (tertiary/aromatic N) is 1. The summed E-state index contributed by atoms with van der Waals surface area (Å²) in [7, 11) is 1.28. The van der Waals surface area contributed by atoms with Gasteiger partial charge in [0.15, 0.2) is 6.61 Å². The molecular weight excluding hydrogens is 302 g/mol. The highest BCUT2D eigenvalue weighted by Crippen LogP contribution is 2.28. The summed E-state index contributed by atoms with van der Waals surface area (Å²) in [5, 5.41) is 20.1. The van der Waals surface area contributed by atoms with Gasteiger partial charge in [0.05, 0.1) is 24.2 Å². The average Bonchev–Trinajstić information content (AvgIpc) is 2.59. The lowest BCUT2D eigenvalue weighted by Gasteiger charge is -2.07. The van der Waals surface area contributed by atoms with E-state index < -0.39 is 17.5 Å². The molecule has 0 amide bonds. The molecule has 23 heavy (non-hydrogen) atoms. The third-order valence-corrected chi connectivity index (χ3v) is 3.22. The van der Waals surface area contributed by atoms with E-state index in [1.165, 1.54) is 13.2 Å². The van der Waals surface area contributed by atoms with E-state index in [0.29, 0.717) is 5.75 Å². The summed E-state index contributed by atoms with van der Waals surface area (Å²) in [6.45, 7) is -0.591. The number of esters is 1. The van der Waals surface area contributed by atoms with Gasteiger partial charge in [-0.05, 0) is 35.4 Å². The molecule has 0 bridgehead atoms. The normalized spacial score (nSPS) is 10.2. The van der Waals surface area contributed by atoms with Crippen LogP contribution >= 0.6 is 0 Å². The van der Waals surface area contributed by atoms with Crippen LogP contribution in [0.3, 0.4) is 0 Å². The first-order chi connectivity index (χ1) is 11.0. The van der Waals surface area contributed by atoms with E-state index >= 15 is 0 Å². The molecule has 0 heterocycles. The zero-order chi connectivity index (χ0) is 16.8. The molecule has 0 aliphatic carbocycles. The van der Waals surface area contributed by atoms with Crippen molar-refractivity contribution in [1.29, 1.82) is 0 Å². The number of carbonyl (C=O) groups is 1. The van der Waals surface area contributed by atoms with Crippen LogP contribution in [0.5, 0.6) is 5.75 Å². The molecule has 2 aromatic carbocycles. The van der Waals surface area contributed by atoms with Crippen molar-refractivity contribution in [2.24, 2.45) is 0 Å². The first-order valence-electron chi connectivity index (χ1n) is 6.73. The van der Waals surface area contributed by atoms with E-state index in [1.54, 1.807) is 36.4 Å². The summed E-state index contributed by atoms with van der Waals surface area (Å²) < 4.78 is 9.72. The van der Waals surface area contributed by atoms with Gasteiger partial charge in [-0.15, -0.1) is 0 Å². The smallest absolute Gasteiger partial charge is 0.343 e. The van der Waals surface area contributed by atoms with Crippen molar-refractivity contribution in [2.75, 3.05) is 13.7 Å². The van der Waals surface area contributed by atoms with E-state index in [0.717, 1.165) is 11.1 Å². The van der Waals surface area contributed by atoms with Crippen molar-refractivity contribution >= 4 is 11.7 Å². The maximum Gasteiger partial charge on any atom is 0.343 e. The highest BCUT2D eigenvalue weighted by Gasteiger charge is 2.13. The Bertz CT molecular complexity index is 711. The van der Waals surface area contributed by atoms with Gasteiger partial charge in [0.2, 0.25) is 0 Å². The molecule has 2 rings (SSSR count). The highest BCUT2D eigenvalue weighted by atomic mass is 16.6. The molecule has 7 nitrogen and oxygen atoms in total. The van der Waals surface area contributed by atoms with Crippen LogP contribution in [-0.2, 0) is 16.1 Å². The maximum absolute atomic E-state index is 11.0. The fourth-order valence-corrected chi connectivity index (χ4v) is 2.01. The number of nitro groups is 1. The molecule has 0 spiro atoms. The summed E-state index contributed by atoms with van der Waals surface area (Å²) in [6, 6.07) is 11.4. The Kier molecular flexibility index (Phi) is 5.27. The van der Waals surface area contributed by atoms with Crippen LogP contribution in [0.4, 0.5) is 5.69 Å². The number of aliphatic hydroxyl groups excluding tert-OH is 1. The number of carbonyl (C=O) groups excluding carboxylic acids is 1. The number of hydrogen-bond donors (Lipinski definition) is 1. The van der Waals surface area contributed by atoms with Crippen molar-refractivity contribution < 1.29 is 24.3 Å². The van der Waals surface area contributed by atoms with Gasteiger partial charge in [-0.25, -0.2) is 4.79 Å². The number of aliphatic hydroxyl groups is 1. The predicted octanol–water partition coefficient (Wildman–Crippen LogP) is 2.31. The number of ether oxygens (including phenoxy) is 2. The number of methoxy groups -OCH3 is 1. The molecule has 0 saturated heterocycles. The van der Waals surface area contributed by atoms with Gasteiger partial charge >= 0.3 is 5.97 Å². The van der Waals surface area contributed by atoms with Crippen molar-refractivity contribution in [3.8, 4) is 16.9 Å². The zero-order valence-corrected chi connectivity index (χ0v) is 12.4. The first-order valence-corrected chi connectivity index (χ1v) is 6.73. The van der Waals surface area contributed by atoms with Gasteiger partial charge in [-0.3, -0.25) is 10.1 Å². The van der Waals surface area contributed by atoms with Crippen LogP contribution in [0.15, 0.2) is 42.5 Å². The summed E-state index contributed by atoms with van der Waals surface area (Å²) >= 11 is 0. The lowest BCUT2D eigenvalue weighted by atomic mass is 10.0. The summed E-state index contributed by atoms with van der Waals surface area (Å²) in [4.78, 5) is 21.3. The van der Waals surface area contributed by atoms with Crippen LogP contribution in [0.25, 0.3) is 11.1 Å². The molecule has 0 aromatic heterocycles. The van der Waals surface area contributed by atoms with Crippen molar-refractivity contribution in [1.82, 2.24) is 0 Å². The Hall–Kier alpha value is -2.93. The van der Waals surface area contributed by atoms with Gasteiger partial charge in [0.1, 0.15) is 5.75 Å². The van der Waals surface area contributed by atoms with E-state index in [1.807, 2.05) is 0 Å². The van der Waals surface area contributed by atoms with Gasteiger partial charge in [-0.1, -0.05) is 12.1 Å². The van der Waals surface area contributed by atoms with E-state index in [2.05, 4.69) is 4.74 Å². The van der Waals surface area contributed by atoms with Gasteiger partial charge < -0.3 is 14.6 Å². The Labute approximate surface area is 132 Å². The molecule has 0 saturated carbocycles. The third kappa shape index (κ3) is 4.04. The molecule has 2 aromatic rings. The Morgan fingerprint density at radius 1 is 1.17 bits per heavy atom. The number of rotatable bonds is 6. The first kappa shape index (κ1) is 16.4. The van der Waals surface area contributed by atoms with Crippen LogP contribution in [-0.4, -0.2) is 29.7 Å². The minimum Gasteiger partial charge on any atom is -0.482 e.